The largest absolute Gasteiger partial charge is 0.488 e. The van der Waals surface area contributed by atoms with Crippen molar-refractivity contribution >= 4 is 17.2 Å². The normalized spacial score (nSPS) is 12.9. The number of aromatic nitrogens is 2. The van der Waals surface area contributed by atoms with Crippen LogP contribution in [0.5, 0.6) is 5.75 Å². The van der Waals surface area contributed by atoms with E-state index in [2.05, 4.69) is 4.98 Å². The quantitative estimate of drug-likeness (QED) is 0.336. The third-order valence-corrected chi connectivity index (χ3v) is 6.74. The van der Waals surface area contributed by atoms with Crippen molar-refractivity contribution < 1.29 is 19.0 Å². The lowest BCUT2D eigenvalue weighted by molar-refractivity contribution is 0.0994. The van der Waals surface area contributed by atoms with E-state index in [-0.39, 0.29) is 17.6 Å². The summed E-state index contributed by atoms with van der Waals surface area (Å²) in [4.78, 5) is 17.5. The second-order valence-electron chi connectivity index (χ2n) is 8.09. The number of nitrogens with zero attached hydrogens (tertiary/aromatic N) is 2. The molecule has 6 nitrogen and oxygen atoms in total. The van der Waals surface area contributed by atoms with Crippen molar-refractivity contribution in [3.8, 4) is 16.2 Å². The number of ether oxygens (including phenoxy) is 1. The number of primary amides is 1. The maximum absolute atomic E-state index is 13.2. The predicted molar refractivity (Wildman–Crippen MR) is 130 cm³/mol. The first-order chi connectivity index (χ1) is 16.4. The molecule has 0 aliphatic rings. The van der Waals surface area contributed by atoms with Crippen molar-refractivity contribution in [3.63, 3.8) is 0 Å². The second kappa shape index (κ2) is 10.6. The molecule has 0 radical (unpaired) electrons. The Morgan fingerprint density at radius 1 is 1.18 bits per heavy atom. The Morgan fingerprint density at radius 3 is 2.65 bits per heavy atom. The molecule has 0 saturated carbocycles. The maximum atomic E-state index is 13.2. The van der Waals surface area contributed by atoms with Gasteiger partial charge in [0.1, 0.15) is 23.9 Å². The number of nitrogens with two attached hydrogens (primary N) is 1. The molecule has 8 heteroatoms. The topological polar surface area (TPSA) is 90.4 Å². The molecule has 34 heavy (non-hydrogen) atoms. The summed E-state index contributed by atoms with van der Waals surface area (Å²) >= 11 is 1.61. The average Bonchev–Trinajstić information content (AvgIpc) is 3.49. The summed E-state index contributed by atoms with van der Waals surface area (Å²) in [6, 6.07) is 18.1. The fourth-order valence-electron chi connectivity index (χ4n) is 3.81. The number of carbonyl (C=O) groups is 1. The number of rotatable bonds is 10. The number of halogens is 1. The van der Waals surface area contributed by atoms with Crippen LogP contribution in [0.2, 0.25) is 0 Å². The fraction of sp³-hybridized carbons (Fsp3) is 0.231. The first-order valence-electron chi connectivity index (χ1n) is 11.0. The molecule has 0 aliphatic carbocycles. The summed E-state index contributed by atoms with van der Waals surface area (Å²) in [7, 11) is 0. The van der Waals surface area contributed by atoms with Crippen LogP contribution in [0.25, 0.3) is 10.4 Å². The van der Waals surface area contributed by atoms with Gasteiger partial charge in [-0.3, -0.25) is 4.79 Å². The van der Waals surface area contributed by atoms with Gasteiger partial charge in [0, 0.05) is 16.0 Å². The number of hydrogen-bond acceptors (Lipinski definition) is 5. The van der Waals surface area contributed by atoms with E-state index in [0.717, 1.165) is 26.6 Å². The molecule has 4 rings (SSSR count). The molecule has 2 unspecified atom stereocenters. The van der Waals surface area contributed by atoms with Gasteiger partial charge in [-0.2, -0.15) is 0 Å². The van der Waals surface area contributed by atoms with Gasteiger partial charge in [-0.1, -0.05) is 30.3 Å². The molecular formula is C26H26FN3O3S. The van der Waals surface area contributed by atoms with Crippen LogP contribution < -0.4 is 10.5 Å². The lowest BCUT2D eigenvalue weighted by Gasteiger charge is -2.22. The van der Waals surface area contributed by atoms with E-state index in [4.69, 9.17) is 10.5 Å². The van der Waals surface area contributed by atoms with Crippen molar-refractivity contribution in [2.24, 2.45) is 5.73 Å². The van der Waals surface area contributed by atoms with E-state index >= 15 is 0 Å². The van der Waals surface area contributed by atoms with Crippen molar-refractivity contribution in [3.05, 3.63) is 95.1 Å². The Hall–Kier alpha value is -3.49. The van der Waals surface area contributed by atoms with E-state index in [0.29, 0.717) is 19.4 Å². The van der Waals surface area contributed by atoms with Gasteiger partial charge in [0.25, 0.3) is 5.91 Å². The highest BCUT2D eigenvalue weighted by Crippen LogP contribution is 2.30. The van der Waals surface area contributed by atoms with Gasteiger partial charge in [0.05, 0.1) is 18.5 Å². The van der Waals surface area contributed by atoms with E-state index < -0.39 is 12.0 Å². The molecule has 2 heterocycles. The molecule has 3 N–H and O–H groups in total. The molecular weight excluding hydrogens is 453 g/mol. The Bertz CT molecular complexity index is 1250. The third kappa shape index (κ3) is 5.70. The Kier molecular flexibility index (Phi) is 7.40. The lowest BCUT2D eigenvalue weighted by Crippen LogP contribution is -2.21. The molecule has 1 amide bonds. The summed E-state index contributed by atoms with van der Waals surface area (Å²) in [6.45, 7) is 2.14. The molecule has 0 saturated heterocycles. The SMILES string of the molecule is CC(O)C(CCc1ccccc1OCc1ccc(-c2ccc(F)cc2)s1)n1cnc(C(N)=O)c1. The Labute approximate surface area is 201 Å². The molecule has 2 aromatic heterocycles. The number of para-hydroxylation sites is 1. The second-order valence-corrected chi connectivity index (χ2v) is 9.25. The molecule has 2 atom stereocenters. The van der Waals surface area contributed by atoms with Crippen LogP contribution in [0, 0.1) is 5.82 Å². The average molecular weight is 480 g/mol. The number of imidazole rings is 1. The van der Waals surface area contributed by atoms with Gasteiger partial charge < -0.3 is 20.1 Å². The molecule has 0 fully saturated rings. The molecule has 0 spiro atoms. The van der Waals surface area contributed by atoms with Gasteiger partial charge in [-0.15, -0.1) is 11.3 Å². The van der Waals surface area contributed by atoms with Crippen molar-refractivity contribution in [1.29, 1.82) is 0 Å². The van der Waals surface area contributed by atoms with E-state index in [1.165, 1.54) is 18.5 Å². The molecule has 2 aromatic carbocycles. The van der Waals surface area contributed by atoms with Crippen LogP contribution in [-0.2, 0) is 13.0 Å². The highest BCUT2D eigenvalue weighted by Gasteiger charge is 2.19. The number of aliphatic hydroxyl groups is 1. The number of benzene rings is 2. The zero-order valence-electron chi connectivity index (χ0n) is 18.7. The van der Waals surface area contributed by atoms with E-state index in [9.17, 15) is 14.3 Å². The van der Waals surface area contributed by atoms with Gasteiger partial charge in [0.2, 0.25) is 0 Å². The number of thiophene rings is 1. The minimum atomic E-state index is -0.640. The molecule has 176 valence electrons. The van der Waals surface area contributed by atoms with Crippen LogP contribution in [0.4, 0.5) is 4.39 Å². The standard InChI is InChI=1S/C26H26FN3O3S/c1-17(31)23(30-14-22(26(28)32)29-16-30)12-8-18-4-2-3-5-24(18)33-15-21-11-13-25(34-21)19-6-9-20(27)10-7-19/h2-7,9-11,13-14,16-17,23,31H,8,12,15H2,1H3,(H2,28,32). The van der Waals surface area contributed by atoms with Crippen molar-refractivity contribution in [1.82, 2.24) is 9.55 Å². The highest BCUT2D eigenvalue weighted by atomic mass is 32.1. The number of aliphatic hydroxyl groups excluding tert-OH is 1. The third-order valence-electron chi connectivity index (χ3n) is 5.64. The predicted octanol–water partition coefficient (Wildman–Crippen LogP) is 4.98. The summed E-state index contributed by atoms with van der Waals surface area (Å²) in [5.41, 5.74) is 7.47. The van der Waals surface area contributed by atoms with Crippen molar-refractivity contribution in [2.45, 2.75) is 38.5 Å². The first kappa shape index (κ1) is 23.7. The maximum Gasteiger partial charge on any atom is 0.268 e. The van der Waals surface area contributed by atoms with Crippen LogP contribution in [0.3, 0.4) is 0 Å². The van der Waals surface area contributed by atoms with Crippen LogP contribution >= 0.6 is 11.3 Å². The van der Waals surface area contributed by atoms with Crippen LogP contribution in [0.1, 0.15) is 40.3 Å². The van der Waals surface area contributed by atoms with Gasteiger partial charge >= 0.3 is 0 Å². The summed E-state index contributed by atoms with van der Waals surface area (Å²) < 4.78 is 21.1. The number of carbonyl (C=O) groups excluding carboxylic acids is 1. The highest BCUT2D eigenvalue weighted by molar-refractivity contribution is 7.15. The Morgan fingerprint density at radius 2 is 1.94 bits per heavy atom. The van der Waals surface area contributed by atoms with Crippen LogP contribution in [0.15, 0.2) is 73.2 Å². The smallest absolute Gasteiger partial charge is 0.268 e. The van der Waals surface area contributed by atoms with Crippen molar-refractivity contribution in [2.75, 3.05) is 0 Å². The lowest BCUT2D eigenvalue weighted by atomic mass is 10.0. The summed E-state index contributed by atoms with van der Waals surface area (Å²) in [5.74, 6) is -0.0651. The summed E-state index contributed by atoms with van der Waals surface area (Å²) in [5, 5.41) is 10.3. The molecule has 0 aliphatic heterocycles. The van der Waals surface area contributed by atoms with E-state index in [1.807, 2.05) is 36.4 Å². The van der Waals surface area contributed by atoms with Gasteiger partial charge in [-0.05, 0) is 61.2 Å². The van der Waals surface area contributed by atoms with E-state index in [1.54, 1.807) is 41.2 Å². The van der Waals surface area contributed by atoms with Crippen LogP contribution in [-0.4, -0.2) is 26.7 Å². The van der Waals surface area contributed by atoms with Gasteiger partial charge in [-0.25, -0.2) is 9.37 Å². The fourth-order valence-corrected chi connectivity index (χ4v) is 4.74. The molecule has 0 bridgehead atoms. The number of hydrogen-bond donors (Lipinski definition) is 2. The number of aryl methyl sites for hydroxylation is 1. The monoisotopic (exact) mass is 479 g/mol. The zero-order chi connectivity index (χ0) is 24.1. The minimum absolute atomic E-state index is 0.172. The van der Waals surface area contributed by atoms with Gasteiger partial charge in [0.15, 0.2) is 0 Å². The zero-order valence-corrected chi connectivity index (χ0v) is 19.5. The first-order valence-corrected chi connectivity index (χ1v) is 11.8. The summed E-state index contributed by atoms with van der Waals surface area (Å²) in [6.07, 6.45) is 3.74. The Balaban J connectivity index is 1.41. The number of amides is 1. The molecule has 4 aromatic rings. The minimum Gasteiger partial charge on any atom is -0.488 e.